The number of amides is 2. The summed E-state index contributed by atoms with van der Waals surface area (Å²) in [6.07, 6.45) is 3.19. The van der Waals surface area contributed by atoms with E-state index in [9.17, 15) is 9.59 Å². The molecule has 0 unspecified atom stereocenters. The van der Waals surface area contributed by atoms with Crippen molar-refractivity contribution in [3.05, 3.63) is 41.7 Å². The second-order valence-corrected chi connectivity index (χ2v) is 5.46. The fraction of sp³-hybridized carbons (Fsp3) is 0.312. The summed E-state index contributed by atoms with van der Waals surface area (Å²) in [5, 5.41) is 15.6. The van der Waals surface area contributed by atoms with Crippen molar-refractivity contribution in [2.75, 3.05) is 18.9 Å². The number of aliphatic carboxylic acids is 1. The molecule has 0 saturated heterocycles. The highest BCUT2D eigenvalue weighted by Gasteiger charge is 2.12. The molecular weight excluding hydrogens is 296 g/mol. The first-order chi connectivity index (χ1) is 10.9. The fourth-order valence-corrected chi connectivity index (χ4v) is 2.17. The van der Waals surface area contributed by atoms with E-state index in [-0.39, 0.29) is 19.0 Å². The molecule has 2 amide bonds. The van der Waals surface area contributed by atoms with E-state index in [2.05, 4.69) is 16.5 Å². The Morgan fingerprint density at radius 1 is 1.35 bits per heavy atom. The number of carboxylic acid groups (broad SMARTS) is 1. The number of benzene rings is 1. The van der Waals surface area contributed by atoms with Crippen molar-refractivity contribution in [1.82, 2.24) is 14.7 Å². The van der Waals surface area contributed by atoms with Gasteiger partial charge in [0.15, 0.2) is 0 Å². The summed E-state index contributed by atoms with van der Waals surface area (Å²) in [4.78, 5) is 23.8. The molecule has 0 aliphatic carbocycles. The second-order valence-electron chi connectivity index (χ2n) is 5.46. The molecule has 2 rings (SSSR count). The summed E-state index contributed by atoms with van der Waals surface area (Å²) < 4.78 is 1.70. The Morgan fingerprint density at radius 2 is 2.09 bits per heavy atom. The second kappa shape index (κ2) is 6.95. The van der Waals surface area contributed by atoms with Gasteiger partial charge in [0.05, 0.1) is 30.2 Å². The van der Waals surface area contributed by atoms with Crippen LogP contribution in [-0.4, -0.2) is 45.4 Å². The Hall–Kier alpha value is -2.83. The van der Waals surface area contributed by atoms with Crippen LogP contribution in [0.2, 0.25) is 0 Å². The molecule has 1 aromatic heterocycles. The van der Waals surface area contributed by atoms with Gasteiger partial charge in [0.1, 0.15) is 0 Å². The molecule has 0 fully saturated rings. The number of anilines is 1. The molecular formula is C16H20N4O3. The van der Waals surface area contributed by atoms with E-state index >= 15 is 0 Å². The van der Waals surface area contributed by atoms with Gasteiger partial charge in [0, 0.05) is 13.6 Å². The molecule has 122 valence electrons. The minimum absolute atomic E-state index is 0.0915. The molecule has 0 saturated carbocycles. The predicted octanol–water partition coefficient (Wildman–Crippen LogP) is 2.43. The summed E-state index contributed by atoms with van der Waals surface area (Å²) in [5.74, 6) is -0.938. The van der Waals surface area contributed by atoms with Crippen LogP contribution in [0, 0.1) is 13.8 Å². The smallest absolute Gasteiger partial charge is 0.321 e. The van der Waals surface area contributed by atoms with Gasteiger partial charge in [-0.2, -0.15) is 5.10 Å². The van der Waals surface area contributed by atoms with Crippen LogP contribution in [0.25, 0.3) is 5.69 Å². The Labute approximate surface area is 134 Å². The van der Waals surface area contributed by atoms with Crippen LogP contribution in [0.5, 0.6) is 0 Å². The zero-order chi connectivity index (χ0) is 17.0. The Bertz CT molecular complexity index is 724. The molecule has 0 aliphatic heterocycles. The summed E-state index contributed by atoms with van der Waals surface area (Å²) in [6.45, 7) is 4.17. The number of carboxylic acids is 1. The molecule has 1 aromatic carbocycles. The van der Waals surface area contributed by atoms with Crippen LogP contribution in [0.15, 0.2) is 30.6 Å². The standard InChI is InChI=1S/C16H20N4O3/c1-11-4-5-14(12(2)8-11)20-10-13(9-17-20)18-16(23)19(3)7-6-15(21)22/h4-5,8-10H,6-7H2,1-3H3,(H,18,23)(H,21,22). The zero-order valence-electron chi connectivity index (χ0n) is 13.4. The topological polar surface area (TPSA) is 87.5 Å². The highest BCUT2D eigenvalue weighted by Crippen LogP contribution is 2.17. The van der Waals surface area contributed by atoms with Crippen molar-refractivity contribution < 1.29 is 14.7 Å². The molecule has 0 atom stereocenters. The number of aromatic nitrogens is 2. The molecule has 0 spiro atoms. The zero-order valence-corrected chi connectivity index (χ0v) is 13.4. The van der Waals surface area contributed by atoms with Crippen molar-refractivity contribution >= 4 is 17.7 Å². The molecule has 0 radical (unpaired) electrons. The maximum Gasteiger partial charge on any atom is 0.321 e. The fourth-order valence-electron chi connectivity index (χ4n) is 2.17. The van der Waals surface area contributed by atoms with Crippen LogP contribution < -0.4 is 5.32 Å². The third-order valence-electron chi connectivity index (χ3n) is 3.44. The van der Waals surface area contributed by atoms with Gasteiger partial charge in [-0.3, -0.25) is 4.79 Å². The van der Waals surface area contributed by atoms with Crippen molar-refractivity contribution in [3.8, 4) is 5.69 Å². The number of hydrogen-bond donors (Lipinski definition) is 2. The van der Waals surface area contributed by atoms with Gasteiger partial charge >= 0.3 is 12.0 Å². The highest BCUT2D eigenvalue weighted by atomic mass is 16.4. The van der Waals surface area contributed by atoms with Crippen LogP contribution in [0.1, 0.15) is 17.5 Å². The molecule has 2 aromatic rings. The molecule has 2 N–H and O–H groups in total. The van der Waals surface area contributed by atoms with E-state index in [1.165, 1.54) is 10.5 Å². The van der Waals surface area contributed by atoms with E-state index in [0.29, 0.717) is 5.69 Å². The number of carbonyl (C=O) groups excluding carboxylic acids is 1. The van der Waals surface area contributed by atoms with Gasteiger partial charge in [-0.05, 0) is 25.5 Å². The van der Waals surface area contributed by atoms with Crippen LogP contribution >= 0.6 is 0 Å². The maximum atomic E-state index is 12.0. The molecule has 7 heteroatoms. The average Bonchev–Trinajstić information content (AvgIpc) is 2.92. The highest BCUT2D eigenvalue weighted by molar-refractivity contribution is 5.89. The lowest BCUT2D eigenvalue weighted by atomic mass is 10.1. The lowest BCUT2D eigenvalue weighted by Gasteiger charge is -2.15. The first-order valence-corrected chi connectivity index (χ1v) is 7.23. The monoisotopic (exact) mass is 316 g/mol. The van der Waals surface area contributed by atoms with E-state index in [1.807, 2.05) is 26.0 Å². The Kier molecular flexibility index (Phi) is 5.00. The maximum absolute atomic E-state index is 12.0. The lowest BCUT2D eigenvalue weighted by molar-refractivity contribution is -0.137. The SMILES string of the molecule is Cc1ccc(-n2cc(NC(=O)N(C)CCC(=O)O)cn2)c(C)c1. The summed E-state index contributed by atoms with van der Waals surface area (Å²) in [6, 6.07) is 5.67. The van der Waals surface area contributed by atoms with Crippen LogP contribution in [0.4, 0.5) is 10.5 Å². The van der Waals surface area contributed by atoms with Crippen molar-refractivity contribution in [1.29, 1.82) is 0 Å². The number of aryl methyl sites for hydroxylation is 2. The van der Waals surface area contributed by atoms with Gasteiger partial charge in [0.25, 0.3) is 0 Å². The first kappa shape index (κ1) is 16.5. The molecule has 1 heterocycles. The number of urea groups is 1. The number of hydrogen-bond acceptors (Lipinski definition) is 3. The quantitative estimate of drug-likeness (QED) is 0.887. The van der Waals surface area contributed by atoms with Crippen molar-refractivity contribution in [2.24, 2.45) is 0 Å². The lowest BCUT2D eigenvalue weighted by Crippen LogP contribution is -2.32. The largest absolute Gasteiger partial charge is 0.481 e. The molecule has 0 bridgehead atoms. The molecule has 0 aliphatic rings. The van der Waals surface area contributed by atoms with E-state index in [0.717, 1.165) is 11.3 Å². The van der Waals surface area contributed by atoms with Gasteiger partial charge in [-0.1, -0.05) is 17.7 Å². The van der Waals surface area contributed by atoms with Crippen molar-refractivity contribution in [2.45, 2.75) is 20.3 Å². The number of nitrogens with one attached hydrogen (secondary N) is 1. The third-order valence-corrected chi connectivity index (χ3v) is 3.44. The number of carbonyl (C=O) groups is 2. The summed E-state index contributed by atoms with van der Waals surface area (Å²) >= 11 is 0. The van der Waals surface area contributed by atoms with E-state index < -0.39 is 5.97 Å². The minimum Gasteiger partial charge on any atom is -0.481 e. The molecule has 23 heavy (non-hydrogen) atoms. The van der Waals surface area contributed by atoms with Gasteiger partial charge in [0.2, 0.25) is 0 Å². The average molecular weight is 316 g/mol. The Morgan fingerprint density at radius 3 is 2.74 bits per heavy atom. The van der Waals surface area contributed by atoms with Gasteiger partial charge in [-0.25, -0.2) is 9.48 Å². The minimum atomic E-state index is -0.938. The van der Waals surface area contributed by atoms with E-state index in [1.54, 1.807) is 24.1 Å². The Balaban J connectivity index is 2.04. The van der Waals surface area contributed by atoms with Crippen LogP contribution in [-0.2, 0) is 4.79 Å². The first-order valence-electron chi connectivity index (χ1n) is 7.23. The number of nitrogens with zero attached hydrogens (tertiary/aromatic N) is 3. The van der Waals surface area contributed by atoms with Gasteiger partial charge < -0.3 is 15.3 Å². The third kappa shape index (κ3) is 4.32. The van der Waals surface area contributed by atoms with E-state index in [4.69, 9.17) is 5.11 Å². The number of rotatable bonds is 5. The summed E-state index contributed by atoms with van der Waals surface area (Å²) in [5.41, 5.74) is 3.75. The summed E-state index contributed by atoms with van der Waals surface area (Å²) in [7, 11) is 1.55. The van der Waals surface area contributed by atoms with Crippen molar-refractivity contribution in [3.63, 3.8) is 0 Å². The normalized spacial score (nSPS) is 10.4. The predicted molar refractivity (Wildman–Crippen MR) is 86.9 cm³/mol. The van der Waals surface area contributed by atoms with Crippen LogP contribution in [0.3, 0.4) is 0 Å². The van der Waals surface area contributed by atoms with Gasteiger partial charge in [-0.15, -0.1) is 0 Å². The molecule has 7 nitrogen and oxygen atoms in total.